The third-order valence-electron chi connectivity index (χ3n) is 8.61. The highest BCUT2D eigenvalue weighted by atomic mass is 15.1. The zero-order chi connectivity index (χ0) is 28.3. The summed E-state index contributed by atoms with van der Waals surface area (Å²) in [7, 11) is 0. The van der Waals surface area contributed by atoms with Gasteiger partial charge >= 0.3 is 5.65 Å². The van der Waals surface area contributed by atoms with E-state index in [1.807, 2.05) is 0 Å². The van der Waals surface area contributed by atoms with Crippen LogP contribution in [0.3, 0.4) is 0 Å². The minimum absolute atomic E-state index is 0.896. The third-order valence-corrected chi connectivity index (χ3v) is 8.61. The summed E-state index contributed by atoms with van der Waals surface area (Å²) in [6, 6.07) is 52.0. The highest BCUT2D eigenvalue weighted by molar-refractivity contribution is 6.13. The Labute approximate surface area is 248 Å². The molecule has 6 aromatic carbocycles. The molecule has 0 N–H and O–H groups in total. The van der Waals surface area contributed by atoms with Crippen molar-refractivity contribution >= 4 is 49.0 Å². The average Bonchev–Trinajstić information content (AvgIpc) is 3.39. The van der Waals surface area contributed by atoms with Crippen molar-refractivity contribution < 1.29 is 4.40 Å². The molecule has 3 nitrogen and oxygen atoms in total. The van der Waals surface area contributed by atoms with Gasteiger partial charge in [0.15, 0.2) is 0 Å². The standard InChI is InChI=1S/C40H26N3/c1-2-10-27(11-3-1)32-20-21-42-26-36(33-19-18-28-12-4-5-13-29(28)22-33)40(41-39(42)25-32)43-37-17-9-8-16-34(37)35-23-30-14-6-7-15-31(30)24-38(35)43/h1-26H/q+1. The highest BCUT2D eigenvalue weighted by Crippen LogP contribution is 2.37. The molecule has 3 aromatic heterocycles. The molecule has 43 heavy (non-hydrogen) atoms. The van der Waals surface area contributed by atoms with Crippen LogP contribution in [0.5, 0.6) is 0 Å². The van der Waals surface area contributed by atoms with E-state index in [1.165, 1.54) is 37.9 Å². The molecule has 0 atom stereocenters. The molecular formula is C40H26N3+. The number of pyridine rings is 1. The molecule has 0 saturated carbocycles. The van der Waals surface area contributed by atoms with Gasteiger partial charge in [0.1, 0.15) is 6.20 Å². The van der Waals surface area contributed by atoms with Crippen LogP contribution >= 0.6 is 0 Å². The van der Waals surface area contributed by atoms with Crippen LogP contribution in [-0.2, 0) is 0 Å². The second kappa shape index (κ2) is 9.37. The molecule has 9 rings (SSSR count). The van der Waals surface area contributed by atoms with Gasteiger partial charge in [-0.15, -0.1) is 0 Å². The average molecular weight is 549 g/mol. The van der Waals surface area contributed by atoms with Crippen LogP contribution in [0.15, 0.2) is 158 Å². The molecule has 0 bridgehead atoms. The van der Waals surface area contributed by atoms with E-state index in [-0.39, 0.29) is 0 Å². The van der Waals surface area contributed by atoms with Gasteiger partial charge in [0.25, 0.3) is 5.82 Å². The smallest absolute Gasteiger partial charge is 0.272 e. The van der Waals surface area contributed by atoms with E-state index in [0.29, 0.717) is 0 Å². The number of benzene rings is 6. The summed E-state index contributed by atoms with van der Waals surface area (Å²) in [5.41, 5.74) is 7.72. The van der Waals surface area contributed by atoms with Crippen LogP contribution in [-0.4, -0.2) is 9.55 Å². The van der Waals surface area contributed by atoms with E-state index in [2.05, 4.69) is 167 Å². The lowest BCUT2D eigenvalue weighted by Gasteiger charge is -2.11. The summed E-state index contributed by atoms with van der Waals surface area (Å²) in [6.45, 7) is 0. The number of hydrogen-bond acceptors (Lipinski definition) is 1. The van der Waals surface area contributed by atoms with Gasteiger partial charge in [-0.05, 0) is 73.6 Å². The Bertz CT molecular complexity index is 2510. The molecule has 3 heteroatoms. The molecule has 0 aliphatic heterocycles. The summed E-state index contributed by atoms with van der Waals surface area (Å²) in [5.74, 6) is 0.918. The molecule has 0 amide bonds. The maximum absolute atomic E-state index is 5.47. The van der Waals surface area contributed by atoms with Crippen LogP contribution in [0.25, 0.3) is 77.1 Å². The van der Waals surface area contributed by atoms with Crippen LogP contribution in [0, 0.1) is 0 Å². The normalized spacial score (nSPS) is 11.7. The van der Waals surface area contributed by atoms with E-state index < -0.39 is 0 Å². The fraction of sp³-hybridized carbons (Fsp3) is 0. The van der Waals surface area contributed by atoms with Gasteiger partial charge in [-0.25, -0.2) is 4.40 Å². The lowest BCUT2D eigenvalue weighted by molar-refractivity contribution is -0.513. The molecule has 0 unspecified atom stereocenters. The van der Waals surface area contributed by atoms with Gasteiger partial charge in [0.2, 0.25) is 0 Å². The van der Waals surface area contributed by atoms with Crippen molar-refractivity contribution in [2.45, 2.75) is 0 Å². The molecule has 0 spiro atoms. The number of aromatic nitrogens is 3. The van der Waals surface area contributed by atoms with Gasteiger partial charge in [0, 0.05) is 16.8 Å². The third kappa shape index (κ3) is 3.83. The first kappa shape index (κ1) is 23.9. The van der Waals surface area contributed by atoms with Crippen molar-refractivity contribution in [3.05, 3.63) is 158 Å². The van der Waals surface area contributed by atoms with E-state index in [1.54, 1.807) is 0 Å². The molecule has 200 valence electrons. The minimum Gasteiger partial charge on any atom is -0.272 e. The number of rotatable bonds is 3. The fourth-order valence-corrected chi connectivity index (χ4v) is 6.49. The highest BCUT2D eigenvalue weighted by Gasteiger charge is 2.24. The van der Waals surface area contributed by atoms with Crippen LogP contribution in [0.2, 0.25) is 0 Å². The van der Waals surface area contributed by atoms with Gasteiger partial charge in [-0.2, -0.15) is 0 Å². The van der Waals surface area contributed by atoms with Crippen LogP contribution in [0.1, 0.15) is 0 Å². The maximum Gasteiger partial charge on any atom is 0.330 e. The lowest BCUT2D eigenvalue weighted by atomic mass is 10.0. The number of nitrogens with zero attached hydrogens (tertiary/aromatic N) is 3. The number of para-hydroxylation sites is 1. The number of fused-ring (bicyclic) bond motifs is 6. The van der Waals surface area contributed by atoms with Crippen molar-refractivity contribution in [3.63, 3.8) is 0 Å². The van der Waals surface area contributed by atoms with Gasteiger partial charge in [-0.1, -0.05) is 109 Å². The fourth-order valence-electron chi connectivity index (χ4n) is 6.49. The molecule has 0 fully saturated rings. The second-order valence-electron chi connectivity index (χ2n) is 11.2. The summed E-state index contributed by atoms with van der Waals surface area (Å²) >= 11 is 0. The monoisotopic (exact) mass is 548 g/mol. The van der Waals surface area contributed by atoms with E-state index >= 15 is 0 Å². The molecule has 9 aromatic rings. The van der Waals surface area contributed by atoms with Gasteiger partial charge in [-0.3, -0.25) is 4.57 Å². The Balaban J connectivity index is 1.40. The molecule has 0 aliphatic carbocycles. The van der Waals surface area contributed by atoms with Gasteiger partial charge < -0.3 is 0 Å². The van der Waals surface area contributed by atoms with Crippen molar-refractivity contribution in [3.8, 4) is 28.1 Å². The Kier molecular flexibility index (Phi) is 5.20. The first-order valence-corrected chi connectivity index (χ1v) is 14.6. The Hall–Kier alpha value is -5.80. The van der Waals surface area contributed by atoms with Crippen molar-refractivity contribution in [1.82, 2.24) is 9.55 Å². The van der Waals surface area contributed by atoms with E-state index in [4.69, 9.17) is 4.98 Å². The Morgan fingerprint density at radius 1 is 0.465 bits per heavy atom. The topological polar surface area (TPSA) is 21.9 Å². The zero-order valence-electron chi connectivity index (χ0n) is 23.4. The second-order valence-corrected chi connectivity index (χ2v) is 11.2. The van der Waals surface area contributed by atoms with Crippen LogP contribution in [0.4, 0.5) is 0 Å². The van der Waals surface area contributed by atoms with Gasteiger partial charge in [0.05, 0.1) is 22.8 Å². The predicted octanol–water partition coefficient (Wildman–Crippen LogP) is 9.56. The van der Waals surface area contributed by atoms with Crippen molar-refractivity contribution in [2.75, 3.05) is 0 Å². The molecule has 0 radical (unpaired) electrons. The SMILES string of the molecule is c1ccc(-c2cc[n+]3cc(-c4ccc5ccccc5c4)c(-n4c5ccccc5c5cc6ccccc6cc54)nc3c2)cc1. The summed E-state index contributed by atoms with van der Waals surface area (Å²) in [4.78, 5) is 5.47. The summed E-state index contributed by atoms with van der Waals surface area (Å²) in [5, 5.41) is 7.34. The molecule has 3 heterocycles. The summed E-state index contributed by atoms with van der Waals surface area (Å²) in [6.07, 6.45) is 4.36. The van der Waals surface area contributed by atoms with Crippen LogP contribution < -0.4 is 4.40 Å². The van der Waals surface area contributed by atoms with E-state index in [0.717, 1.165) is 39.2 Å². The quantitative estimate of drug-likeness (QED) is 0.202. The van der Waals surface area contributed by atoms with Crippen molar-refractivity contribution in [2.24, 2.45) is 0 Å². The first-order valence-electron chi connectivity index (χ1n) is 14.6. The Morgan fingerprint density at radius 3 is 2.00 bits per heavy atom. The molecule has 0 saturated heterocycles. The lowest BCUT2D eigenvalue weighted by Crippen LogP contribution is -2.24. The maximum atomic E-state index is 5.47. The summed E-state index contributed by atoms with van der Waals surface area (Å²) < 4.78 is 4.50. The largest absolute Gasteiger partial charge is 0.330 e. The number of hydrogen-bond donors (Lipinski definition) is 0. The zero-order valence-corrected chi connectivity index (χ0v) is 23.4. The minimum atomic E-state index is 0.896. The van der Waals surface area contributed by atoms with Crippen molar-refractivity contribution in [1.29, 1.82) is 0 Å². The Morgan fingerprint density at radius 2 is 1.16 bits per heavy atom. The predicted molar refractivity (Wildman–Crippen MR) is 178 cm³/mol. The van der Waals surface area contributed by atoms with E-state index in [9.17, 15) is 0 Å². The molecular weight excluding hydrogens is 522 g/mol. The molecule has 0 aliphatic rings. The first-order chi connectivity index (χ1) is 21.3.